The Morgan fingerprint density at radius 2 is 1.63 bits per heavy atom. The molecule has 2 aromatic carbocycles. The Morgan fingerprint density at radius 1 is 1.04 bits per heavy atom. The van der Waals surface area contributed by atoms with Gasteiger partial charge in [0.05, 0.1) is 0 Å². The SMILES string of the molecule is Cl.O=C(CCC1CCNCC1)NCc1ccc(Oc2ccc(F)cc2)cc1. The van der Waals surface area contributed by atoms with E-state index in [9.17, 15) is 9.18 Å². The Hall–Kier alpha value is -2.11. The van der Waals surface area contributed by atoms with E-state index in [4.69, 9.17) is 4.74 Å². The molecule has 0 radical (unpaired) electrons. The number of carbonyl (C=O) groups is 1. The van der Waals surface area contributed by atoms with Crippen LogP contribution < -0.4 is 15.4 Å². The zero-order chi connectivity index (χ0) is 18.2. The van der Waals surface area contributed by atoms with Gasteiger partial charge in [-0.05, 0) is 80.2 Å². The maximum absolute atomic E-state index is 12.9. The zero-order valence-electron chi connectivity index (χ0n) is 15.2. The molecule has 0 spiro atoms. The summed E-state index contributed by atoms with van der Waals surface area (Å²) in [6, 6.07) is 13.4. The van der Waals surface area contributed by atoms with E-state index in [1.165, 1.54) is 25.0 Å². The minimum absolute atomic E-state index is 0. The van der Waals surface area contributed by atoms with Crippen molar-refractivity contribution in [1.29, 1.82) is 0 Å². The van der Waals surface area contributed by atoms with E-state index in [2.05, 4.69) is 10.6 Å². The number of piperidine rings is 1. The van der Waals surface area contributed by atoms with Gasteiger partial charge in [0, 0.05) is 13.0 Å². The van der Waals surface area contributed by atoms with Gasteiger partial charge in [0.15, 0.2) is 0 Å². The lowest BCUT2D eigenvalue weighted by Gasteiger charge is -2.22. The number of nitrogens with one attached hydrogen (secondary N) is 2. The van der Waals surface area contributed by atoms with Crippen molar-refractivity contribution in [3.05, 3.63) is 59.9 Å². The number of ether oxygens (including phenoxy) is 1. The van der Waals surface area contributed by atoms with Gasteiger partial charge < -0.3 is 15.4 Å². The molecular formula is C21H26ClFN2O2. The van der Waals surface area contributed by atoms with Gasteiger partial charge in [0.25, 0.3) is 0 Å². The highest BCUT2D eigenvalue weighted by Gasteiger charge is 2.14. The van der Waals surface area contributed by atoms with Gasteiger partial charge in [-0.3, -0.25) is 4.79 Å². The molecular weight excluding hydrogens is 367 g/mol. The summed E-state index contributed by atoms with van der Waals surface area (Å²) >= 11 is 0. The van der Waals surface area contributed by atoms with E-state index in [1.54, 1.807) is 12.1 Å². The van der Waals surface area contributed by atoms with Crippen molar-refractivity contribution in [2.24, 2.45) is 5.92 Å². The molecule has 27 heavy (non-hydrogen) atoms. The summed E-state index contributed by atoms with van der Waals surface area (Å²) in [6.45, 7) is 2.65. The molecule has 1 saturated heterocycles. The molecule has 0 atom stereocenters. The summed E-state index contributed by atoms with van der Waals surface area (Å²) in [4.78, 5) is 12.0. The molecule has 1 amide bonds. The smallest absolute Gasteiger partial charge is 0.220 e. The van der Waals surface area contributed by atoms with Crippen molar-refractivity contribution in [3.63, 3.8) is 0 Å². The third-order valence-electron chi connectivity index (χ3n) is 4.70. The quantitative estimate of drug-likeness (QED) is 0.732. The molecule has 0 aliphatic carbocycles. The zero-order valence-corrected chi connectivity index (χ0v) is 16.1. The molecule has 6 heteroatoms. The summed E-state index contributed by atoms with van der Waals surface area (Å²) < 4.78 is 18.6. The Kier molecular flexibility index (Phi) is 8.55. The van der Waals surface area contributed by atoms with E-state index in [1.807, 2.05) is 24.3 Å². The van der Waals surface area contributed by atoms with Gasteiger partial charge >= 0.3 is 0 Å². The number of halogens is 2. The highest BCUT2D eigenvalue weighted by molar-refractivity contribution is 5.85. The average molecular weight is 393 g/mol. The van der Waals surface area contributed by atoms with E-state index >= 15 is 0 Å². The molecule has 1 heterocycles. The highest BCUT2D eigenvalue weighted by atomic mass is 35.5. The van der Waals surface area contributed by atoms with Crippen molar-refractivity contribution in [2.75, 3.05) is 13.1 Å². The third kappa shape index (κ3) is 7.19. The second kappa shape index (κ2) is 10.9. The van der Waals surface area contributed by atoms with Crippen LogP contribution in [0.1, 0.15) is 31.2 Å². The second-order valence-corrected chi connectivity index (χ2v) is 6.71. The lowest BCUT2D eigenvalue weighted by Crippen LogP contribution is -2.29. The fraction of sp³-hybridized carbons (Fsp3) is 0.381. The van der Waals surface area contributed by atoms with Crippen LogP contribution in [0.25, 0.3) is 0 Å². The molecule has 1 fully saturated rings. The number of rotatable bonds is 7. The minimum atomic E-state index is -0.288. The first-order chi connectivity index (χ1) is 12.7. The predicted molar refractivity (Wildman–Crippen MR) is 107 cm³/mol. The number of hydrogen-bond acceptors (Lipinski definition) is 3. The first-order valence-corrected chi connectivity index (χ1v) is 9.19. The van der Waals surface area contributed by atoms with Crippen LogP contribution in [0.15, 0.2) is 48.5 Å². The van der Waals surface area contributed by atoms with Gasteiger partial charge in [-0.2, -0.15) is 0 Å². The minimum Gasteiger partial charge on any atom is -0.457 e. The van der Waals surface area contributed by atoms with Gasteiger partial charge in [-0.15, -0.1) is 12.4 Å². The lowest BCUT2D eigenvalue weighted by atomic mass is 9.93. The summed E-state index contributed by atoms with van der Waals surface area (Å²) in [5.74, 6) is 1.76. The molecule has 0 unspecified atom stereocenters. The monoisotopic (exact) mass is 392 g/mol. The molecule has 0 aromatic heterocycles. The first-order valence-electron chi connectivity index (χ1n) is 9.19. The average Bonchev–Trinajstić information content (AvgIpc) is 2.68. The summed E-state index contributed by atoms with van der Waals surface area (Å²) in [7, 11) is 0. The van der Waals surface area contributed by atoms with Crippen molar-refractivity contribution in [1.82, 2.24) is 10.6 Å². The lowest BCUT2D eigenvalue weighted by molar-refractivity contribution is -0.121. The Morgan fingerprint density at radius 3 is 2.26 bits per heavy atom. The van der Waals surface area contributed by atoms with E-state index < -0.39 is 0 Å². The van der Waals surface area contributed by atoms with Crippen LogP contribution in [0.2, 0.25) is 0 Å². The van der Waals surface area contributed by atoms with Crippen LogP contribution in [0.3, 0.4) is 0 Å². The molecule has 1 aliphatic rings. The second-order valence-electron chi connectivity index (χ2n) is 6.71. The molecule has 1 aliphatic heterocycles. The largest absolute Gasteiger partial charge is 0.457 e. The fourth-order valence-corrected chi connectivity index (χ4v) is 3.11. The molecule has 146 valence electrons. The molecule has 3 rings (SSSR count). The topological polar surface area (TPSA) is 50.4 Å². The molecule has 4 nitrogen and oxygen atoms in total. The maximum Gasteiger partial charge on any atom is 0.220 e. The fourth-order valence-electron chi connectivity index (χ4n) is 3.11. The maximum atomic E-state index is 12.9. The summed E-state index contributed by atoms with van der Waals surface area (Å²) in [5.41, 5.74) is 1.02. The van der Waals surface area contributed by atoms with Gasteiger partial charge in [-0.25, -0.2) is 4.39 Å². The molecule has 2 aromatic rings. The number of benzene rings is 2. The van der Waals surface area contributed by atoms with Crippen molar-refractivity contribution in [3.8, 4) is 11.5 Å². The Bertz CT molecular complexity index is 701. The Balaban J connectivity index is 0.00000261. The van der Waals surface area contributed by atoms with Gasteiger partial charge in [0.1, 0.15) is 17.3 Å². The van der Waals surface area contributed by atoms with E-state index in [-0.39, 0.29) is 24.1 Å². The number of carbonyl (C=O) groups excluding carboxylic acids is 1. The van der Waals surface area contributed by atoms with Crippen LogP contribution in [-0.2, 0) is 11.3 Å². The molecule has 2 N–H and O–H groups in total. The van der Waals surface area contributed by atoms with E-state index in [0.29, 0.717) is 30.4 Å². The standard InChI is InChI=1S/C21H25FN2O2.ClH/c22-18-4-8-20(9-5-18)26-19-6-1-17(2-7-19)15-24-21(25)10-3-16-11-13-23-14-12-16;/h1-2,4-9,16,23H,3,10-15H2,(H,24,25);1H. The number of amides is 1. The Labute approximate surface area is 165 Å². The van der Waals surface area contributed by atoms with Crippen LogP contribution >= 0.6 is 12.4 Å². The molecule has 0 saturated carbocycles. The van der Waals surface area contributed by atoms with Crippen LogP contribution in [-0.4, -0.2) is 19.0 Å². The van der Waals surface area contributed by atoms with Crippen LogP contribution in [0, 0.1) is 11.7 Å². The first kappa shape index (κ1) is 21.2. The van der Waals surface area contributed by atoms with Gasteiger partial charge in [0.2, 0.25) is 5.91 Å². The highest BCUT2D eigenvalue weighted by Crippen LogP contribution is 2.22. The van der Waals surface area contributed by atoms with Crippen LogP contribution in [0.4, 0.5) is 4.39 Å². The number of hydrogen-bond donors (Lipinski definition) is 2. The van der Waals surface area contributed by atoms with Crippen LogP contribution in [0.5, 0.6) is 11.5 Å². The predicted octanol–water partition coefficient (Wildman–Crippen LogP) is 4.44. The summed E-state index contributed by atoms with van der Waals surface area (Å²) in [6.07, 6.45) is 3.90. The molecule has 0 bridgehead atoms. The summed E-state index contributed by atoms with van der Waals surface area (Å²) in [5, 5.41) is 6.32. The van der Waals surface area contributed by atoms with Crippen molar-refractivity contribution < 1.29 is 13.9 Å². The van der Waals surface area contributed by atoms with Crippen molar-refractivity contribution in [2.45, 2.75) is 32.2 Å². The van der Waals surface area contributed by atoms with Crippen molar-refractivity contribution >= 4 is 18.3 Å². The third-order valence-corrected chi connectivity index (χ3v) is 4.70. The normalized spacial score (nSPS) is 14.3. The van der Waals surface area contributed by atoms with E-state index in [0.717, 1.165) is 25.1 Å². The van der Waals surface area contributed by atoms with Gasteiger partial charge in [-0.1, -0.05) is 12.1 Å².